The summed E-state index contributed by atoms with van der Waals surface area (Å²) in [6.07, 6.45) is -3.81. The van der Waals surface area contributed by atoms with Gasteiger partial charge >= 0.3 is 12.1 Å². The number of H-pyrrole nitrogens is 1. The summed E-state index contributed by atoms with van der Waals surface area (Å²) in [5, 5.41) is 7.34. The Hall–Kier alpha value is -2.05. The average Bonchev–Trinajstić information content (AvgIpc) is 2.80. The number of halogens is 3. The molecule has 0 unspecified atom stereocenters. The maximum absolute atomic E-state index is 11.9. The maximum Gasteiger partial charge on any atom is 0.389 e. The van der Waals surface area contributed by atoms with Gasteiger partial charge in [-0.1, -0.05) is 6.07 Å². The molecule has 0 saturated heterocycles. The lowest BCUT2D eigenvalue weighted by Crippen LogP contribution is -2.11. The molecular weight excluding hydrogens is 261 g/mol. The van der Waals surface area contributed by atoms with Crippen LogP contribution in [0.2, 0.25) is 0 Å². The molecule has 19 heavy (non-hydrogen) atoms. The Labute approximate surface area is 106 Å². The fourth-order valence-corrected chi connectivity index (χ4v) is 1.58. The van der Waals surface area contributed by atoms with Crippen LogP contribution in [0.4, 0.5) is 13.2 Å². The molecule has 0 aliphatic heterocycles. The highest BCUT2D eigenvalue weighted by atomic mass is 19.4. The van der Waals surface area contributed by atoms with Gasteiger partial charge in [0.25, 0.3) is 0 Å². The van der Waals surface area contributed by atoms with Gasteiger partial charge < -0.3 is 4.74 Å². The third-order valence-electron chi connectivity index (χ3n) is 2.52. The van der Waals surface area contributed by atoms with E-state index >= 15 is 0 Å². The van der Waals surface area contributed by atoms with Crippen molar-refractivity contribution in [3.05, 3.63) is 30.0 Å². The predicted octanol–water partition coefficient (Wildman–Crippen LogP) is 3.06. The van der Waals surface area contributed by atoms with Crippen LogP contribution in [0.15, 0.2) is 24.4 Å². The number of hydrogen-bond acceptors (Lipinski definition) is 3. The van der Waals surface area contributed by atoms with Gasteiger partial charge in [0.1, 0.15) is 0 Å². The average molecular weight is 272 g/mol. The molecule has 0 atom stereocenters. The second-order valence-electron chi connectivity index (χ2n) is 4.03. The van der Waals surface area contributed by atoms with Crippen LogP contribution < -0.4 is 0 Å². The number of rotatable bonds is 4. The molecule has 102 valence electrons. The summed E-state index contributed by atoms with van der Waals surface area (Å²) in [5.74, 6) is -0.640. The number of carbonyl (C=O) groups is 1. The second-order valence-corrected chi connectivity index (χ2v) is 4.03. The number of esters is 1. The van der Waals surface area contributed by atoms with Crippen LogP contribution in [0.25, 0.3) is 10.9 Å². The number of aromatic amines is 1. The monoisotopic (exact) mass is 272 g/mol. The molecule has 1 heterocycles. The number of hydrogen-bond donors (Lipinski definition) is 1. The highest BCUT2D eigenvalue weighted by Gasteiger charge is 2.26. The van der Waals surface area contributed by atoms with Crippen molar-refractivity contribution in [1.29, 1.82) is 0 Å². The number of carbonyl (C=O) groups excluding carboxylic acids is 1. The van der Waals surface area contributed by atoms with Gasteiger partial charge in [-0.3, -0.25) is 5.10 Å². The Bertz CT molecular complexity index is 578. The van der Waals surface area contributed by atoms with Gasteiger partial charge in [0.15, 0.2) is 0 Å². The molecule has 0 fully saturated rings. The standard InChI is InChI=1S/C12H11F3N2O2/c13-12(14,15)4-1-5-19-11(18)8-2-3-9-7-16-17-10(9)6-8/h2-3,6-7H,1,4-5H2,(H,16,17). The van der Waals surface area contributed by atoms with Crippen LogP contribution in [0.1, 0.15) is 23.2 Å². The largest absolute Gasteiger partial charge is 0.462 e. The first-order valence-corrected chi connectivity index (χ1v) is 5.63. The molecule has 0 aliphatic rings. The number of alkyl halides is 3. The number of benzene rings is 1. The summed E-state index contributed by atoms with van der Waals surface area (Å²) >= 11 is 0. The third kappa shape index (κ3) is 3.70. The topological polar surface area (TPSA) is 55.0 Å². The van der Waals surface area contributed by atoms with E-state index in [1.807, 2.05) is 0 Å². The van der Waals surface area contributed by atoms with E-state index in [-0.39, 0.29) is 18.6 Å². The summed E-state index contributed by atoms with van der Waals surface area (Å²) in [6.45, 7) is -0.251. The first-order chi connectivity index (χ1) is 8.96. The van der Waals surface area contributed by atoms with Crippen molar-refractivity contribution in [2.75, 3.05) is 6.61 Å². The van der Waals surface area contributed by atoms with Gasteiger partial charge in [-0.15, -0.1) is 0 Å². The summed E-state index contributed by atoms with van der Waals surface area (Å²) in [6, 6.07) is 4.78. The van der Waals surface area contributed by atoms with Crippen LogP contribution in [-0.2, 0) is 4.74 Å². The number of nitrogens with one attached hydrogen (secondary N) is 1. The van der Waals surface area contributed by atoms with E-state index in [4.69, 9.17) is 4.74 Å². The quantitative estimate of drug-likeness (QED) is 0.687. The van der Waals surface area contributed by atoms with Crippen molar-refractivity contribution >= 4 is 16.9 Å². The molecule has 2 aromatic rings. The first-order valence-electron chi connectivity index (χ1n) is 5.63. The summed E-state index contributed by atoms with van der Waals surface area (Å²) in [5.41, 5.74) is 0.952. The van der Waals surface area contributed by atoms with Crippen molar-refractivity contribution in [1.82, 2.24) is 10.2 Å². The van der Waals surface area contributed by atoms with Gasteiger partial charge in [0, 0.05) is 11.8 Å². The van der Waals surface area contributed by atoms with Crippen LogP contribution in [0.3, 0.4) is 0 Å². The third-order valence-corrected chi connectivity index (χ3v) is 2.52. The van der Waals surface area contributed by atoms with Gasteiger partial charge in [-0.2, -0.15) is 18.3 Å². The molecule has 0 bridgehead atoms. The SMILES string of the molecule is O=C(OCCCC(F)(F)F)c1ccc2cn[nH]c2c1. The lowest BCUT2D eigenvalue weighted by molar-refractivity contribution is -0.137. The molecule has 0 spiro atoms. The van der Waals surface area contributed by atoms with Crippen molar-refractivity contribution in [2.24, 2.45) is 0 Å². The Kier molecular flexibility index (Phi) is 3.73. The zero-order valence-electron chi connectivity index (χ0n) is 9.83. The first kappa shape index (κ1) is 13.4. The zero-order chi connectivity index (χ0) is 13.9. The number of aromatic nitrogens is 2. The van der Waals surface area contributed by atoms with E-state index in [1.54, 1.807) is 24.4 Å². The van der Waals surface area contributed by atoms with Crippen molar-refractivity contribution in [3.8, 4) is 0 Å². The summed E-state index contributed by atoms with van der Waals surface area (Å²) in [7, 11) is 0. The lowest BCUT2D eigenvalue weighted by Gasteiger charge is -2.07. The minimum Gasteiger partial charge on any atom is -0.462 e. The van der Waals surface area contributed by atoms with E-state index < -0.39 is 18.6 Å². The summed E-state index contributed by atoms with van der Waals surface area (Å²) < 4.78 is 40.4. The molecule has 0 amide bonds. The molecule has 2 rings (SSSR count). The van der Waals surface area contributed by atoms with Gasteiger partial charge in [0.05, 0.1) is 23.9 Å². The second kappa shape index (κ2) is 5.29. The van der Waals surface area contributed by atoms with E-state index in [0.29, 0.717) is 5.52 Å². The van der Waals surface area contributed by atoms with Crippen LogP contribution in [0.5, 0.6) is 0 Å². The highest BCUT2D eigenvalue weighted by Crippen LogP contribution is 2.21. The molecule has 0 radical (unpaired) electrons. The molecule has 4 nitrogen and oxygen atoms in total. The normalized spacial score (nSPS) is 11.7. The van der Waals surface area contributed by atoms with Gasteiger partial charge in [-0.25, -0.2) is 4.79 Å². The van der Waals surface area contributed by atoms with Crippen molar-refractivity contribution in [3.63, 3.8) is 0 Å². The lowest BCUT2D eigenvalue weighted by atomic mass is 10.2. The highest BCUT2D eigenvalue weighted by molar-refractivity contribution is 5.94. The van der Waals surface area contributed by atoms with E-state index in [1.165, 1.54) is 0 Å². The molecule has 0 aliphatic carbocycles. The molecule has 0 saturated carbocycles. The fraction of sp³-hybridized carbons (Fsp3) is 0.333. The fourth-order valence-electron chi connectivity index (χ4n) is 1.58. The van der Waals surface area contributed by atoms with E-state index in [0.717, 1.165) is 5.39 Å². The molecule has 1 aromatic carbocycles. The predicted molar refractivity (Wildman–Crippen MR) is 61.7 cm³/mol. The Morgan fingerprint density at radius 3 is 2.89 bits per heavy atom. The smallest absolute Gasteiger partial charge is 0.389 e. The van der Waals surface area contributed by atoms with Crippen molar-refractivity contribution < 1.29 is 22.7 Å². The molecular formula is C12H11F3N2O2. The van der Waals surface area contributed by atoms with Gasteiger partial charge in [0.2, 0.25) is 0 Å². The molecule has 1 aromatic heterocycles. The summed E-state index contributed by atoms with van der Waals surface area (Å²) in [4.78, 5) is 11.6. The van der Waals surface area contributed by atoms with Crippen LogP contribution >= 0.6 is 0 Å². The van der Waals surface area contributed by atoms with Gasteiger partial charge in [-0.05, 0) is 18.6 Å². The Balaban J connectivity index is 1.89. The minimum atomic E-state index is -4.22. The van der Waals surface area contributed by atoms with Crippen molar-refractivity contribution in [2.45, 2.75) is 19.0 Å². The molecule has 1 N–H and O–H groups in total. The number of fused-ring (bicyclic) bond motifs is 1. The maximum atomic E-state index is 11.9. The van der Waals surface area contributed by atoms with Crippen LogP contribution in [-0.4, -0.2) is 28.9 Å². The number of nitrogens with zero attached hydrogens (tertiary/aromatic N) is 1. The van der Waals surface area contributed by atoms with Crippen LogP contribution in [0, 0.1) is 0 Å². The zero-order valence-corrected chi connectivity index (χ0v) is 9.83. The van der Waals surface area contributed by atoms with E-state index in [9.17, 15) is 18.0 Å². The number of ether oxygens (including phenoxy) is 1. The Morgan fingerprint density at radius 1 is 1.37 bits per heavy atom. The van der Waals surface area contributed by atoms with E-state index in [2.05, 4.69) is 10.2 Å². The molecule has 7 heteroatoms. The Morgan fingerprint density at radius 2 is 2.16 bits per heavy atom. The minimum absolute atomic E-state index is 0.235.